The molecule has 2 aromatic rings. The van der Waals surface area contributed by atoms with Crippen LogP contribution in [0.2, 0.25) is 0 Å². The van der Waals surface area contributed by atoms with E-state index in [0.717, 1.165) is 19.4 Å². The van der Waals surface area contributed by atoms with E-state index in [9.17, 15) is 23.1 Å². The Morgan fingerprint density at radius 1 is 1.24 bits per heavy atom. The number of aromatic amines is 1. The third-order valence-corrected chi connectivity index (χ3v) is 5.93. The van der Waals surface area contributed by atoms with E-state index in [0.29, 0.717) is 17.8 Å². The topological polar surface area (TPSA) is 146 Å². The molecular weight excluding hydrogens is 396 g/mol. The number of H-pyrrole nitrogens is 1. The van der Waals surface area contributed by atoms with Gasteiger partial charge in [-0.3, -0.25) is 14.5 Å². The largest absolute Gasteiger partial charge is 0.395 e. The second kappa shape index (κ2) is 8.87. The number of pyridine rings is 1. The number of sulfonamides is 1. The second-order valence-electron chi connectivity index (χ2n) is 7.05. The van der Waals surface area contributed by atoms with Crippen LogP contribution in [0.5, 0.6) is 0 Å². The number of aromatic nitrogens is 1. The number of carbonyl (C=O) groups excluding carboxylic acids is 1. The molecule has 3 rings (SSSR count). The number of nitrogens with one attached hydrogen (secondary N) is 2. The maximum Gasteiger partial charge on any atom is 0.261 e. The van der Waals surface area contributed by atoms with Crippen molar-refractivity contribution in [2.24, 2.45) is 5.14 Å². The summed E-state index contributed by atoms with van der Waals surface area (Å²) in [6.07, 6.45) is 1.94. The molecule has 9 nitrogen and oxygen atoms in total. The van der Waals surface area contributed by atoms with Crippen LogP contribution in [-0.2, 0) is 23.1 Å². The van der Waals surface area contributed by atoms with E-state index in [1.807, 2.05) is 0 Å². The molecule has 0 saturated carbocycles. The number of aliphatic hydroxyl groups is 1. The van der Waals surface area contributed by atoms with Gasteiger partial charge in [0.1, 0.15) is 5.56 Å². The number of benzene rings is 1. The molecule has 0 spiro atoms. The molecule has 1 aromatic heterocycles. The number of hydrogen-bond donors (Lipinski definition) is 4. The minimum Gasteiger partial charge on any atom is -0.395 e. The van der Waals surface area contributed by atoms with Crippen molar-refractivity contribution in [3.8, 4) is 0 Å². The Hall–Kier alpha value is -2.53. The van der Waals surface area contributed by atoms with Gasteiger partial charge in [0.2, 0.25) is 10.0 Å². The highest BCUT2D eigenvalue weighted by atomic mass is 32.2. The zero-order valence-electron chi connectivity index (χ0n) is 15.8. The molecule has 10 heteroatoms. The van der Waals surface area contributed by atoms with E-state index in [1.54, 1.807) is 18.2 Å². The second-order valence-corrected chi connectivity index (χ2v) is 8.61. The minimum atomic E-state index is -3.77. The molecular formula is C19H24N4O5S. The summed E-state index contributed by atoms with van der Waals surface area (Å²) >= 11 is 0. The first kappa shape index (κ1) is 21.2. The maximum absolute atomic E-state index is 12.3. The van der Waals surface area contributed by atoms with Crippen molar-refractivity contribution in [3.63, 3.8) is 0 Å². The van der Waals surface area contributed by atoms with Gasteiger partial charge in [-0.2, -0.15) is 0 Å². The molecule has 1 aliphatic heterocycles. The molecule has 0 aliphatic carbocycles. The van der Waals surface area contributed by atoms with Crippen LogP contribution in [0.25, 0.3) is 0 Å². The first-order chi connectivity index (χ1) is 13.8. The zero-order valence-corrected chi connectivity index (χ0v) is 16.6. The highest BCUT2D eigenvalue weighted by Gasteiger charge is 2.24. The Morgan fingerprint density at radius 2 is 1.97 bits per heavy atom. The number of nitrogens with two attached hydrogens (primary N) is 1. The van der Waals surface area contributed by atoms with Crippen LogP contribution < -0.4 is 16.0 Å². The van der Waals surface area contributed by atoms with Gasteiger partial charge in [0.05, 0.1) is 11.5 Å². The lowest BCUT2D eigenvalue weighted by molar-refractivity contribution is 0.0949. The van der Waals surface area contributed by atoms with E-state index in [4.69, 9.17) is 5.14 Å². The SMILES string of the molecule is NS(=O)(=O)c1ccc(CNC(=O)c2ccc(CN3CCC[C@@H]3CO)[nH]c2=O)cc1. The van der Waals surface area contributed by atoms with Crippen molar-refractivity contribution in [3.05, 3.63) is 63.6 Å². The number of rotatable bonds is 7. The summed E-state index contributed by atoms with van der Waals surface area (Å²) in [5, 5.41) is 17.1. The van der Waals surface area contributed by atoms with Gasteiger partial charge in [0.25, 0.3) is 11.5 Å². The molecule has 156 valence electrons. The lowest BCUT2D eigenvalue weighted by Gasteiger charge is -2.22. The standard InChI is InChI=1S/C19H24N4O5S/c20-29(27,28)16-6-3-13(4-7-16)10-21-18(25)17-8-5-14(22-19(17)26)11-23-9-1-2-15(23)12-24/h3-8,15,24H,1-2,9-12H2,(H,21,25)(H,22,26)(H2,20,27,28)/t15-/m1/s1. The Labute approximate surface area is 168 Å². The van der Waals surface area contributed by atoms with Crippen LogP contribution in [-0.4, -0.2) is 48.5 Å². The fourth-order valence-corrected chi connectivity index (χ4v) is 3.90. The molecule has 0 radical (unpaired) electrons. The summed E-state index contributed by atoms with van der Waals surface area (Å²) in [7, 11) is -3.77. The van der Waals surface area contributed by atoms with Crippen LogP contribution in [0.1, 0.15) is 34.5 Å². The molecule has 0 unspecified atom stereocenters. The average Bonchev–Trinajstić information content (AvgIpc) is 3.13. The highest BCUT2D eigenvalue weighted by molar-refractivity contribution is 7.89. The van der Waals surface area contributed by atoms with Crippen molar-refractivity contribution in [1.82, 2.24) is 15.2 Å². The quantitative estimate of drug-likeness (QED) is 0.492. The summed E-state index contributed by atoms with van der Waals surface area (Å²) in [4.78, 5) is 29.5. The Morgan fingerprint density at radius 3 is 2.59 bits per heavy atom. The number of aliphatic hydroxyl groups excluding tert-OH is 1. The van der Waals surface area contributed by atoms with Crippen molar-refractivity contribution < 1.29 is 18.3 Å². The van der Waals surface area contributed by atoms with Gasteiger partial charge >= 0.3 is 0 Å². The van der Waals surface area contributed by atoms with Crippen LogP contribution in [0.15, 0.2) is 46.1 Å². The molecule has 0 bridgehead atoms. The van der Waals surface area contributed by atoms with Gasteiger partial charge in [-0.1, -0.05) is 12.1 Å². The average molecular weight is 420 g/mol. The van der Waals surface area contributed by atoms with Gasteiger partial charge in [-0.05, 0) is 49.2 Å². The third kappa shape index (κ3) is 5.30. The summed E-state index contributed by atoms with van der Waals surface area (Å²) in [5.74, 6) is -0.525. The molecule has 1 aromatic carbocycles. The Kier molecular flexibility index (Phi) is 6.48. The number of primary sulfonamides is 1. The molecule has 1 aliphatic rings. The van der Waals surface area contributed by atoms with Crippen LogP contribution >= 0.6 is 0 Å². The van der Waals surface area contributed by atoms with E-state index in [1.165, 1.54) is 18.2 Å². The summed E-state index contributed by atoms with van der Waals surface area (Å²) in [6.45, 7) is 1.60. The summed E-state index contributed by atoms with van der Waals surface area (Å²) in [5.41, 5.74) is 0.868. The number of nitrogens with zero attached hydrogens (tertiary/aromatic N) is 1. The zero-order chi connectivity index (χ0) is 21.0. The minimum absolute atomic E-state index is 0.00460. The van der Waals surface area contributed by atoms with Gasteiger partial charge in [0, 0.05) is 24.8 Å². The number of likely N-dealkylation sites (tertiary alicyclic amines) is 1. The van der Waals surface area contributed by atoms with Gasteiger partial charge in [0.15, 0.2) is 0 Å². The molecule has 1 fully saturated rings. The first-order valence-electron chi connectivity index (χ1n) is 9.25. The van der Waals surface area contributed by atoms with Crippen LogP contribution in [0, 0.1) is 0 Å². The number of carbonyl (C=O) groups is 1. The van der Waals surface area contributed by atoms with Crippen molar-refractivity contribution >= 4 is 15.9 Å². The van der Waals surface area contributed by atoms with Crippen LogP contribution in [0.3, 0.4) is 0 Å². The normalized spacial score (nSPS) is 17.4. The van der Waals surface area contributed by atoms with Gasteiger partial charge in [-0.25, -0.2) is 13.6 Å². The van der Waals surface area contributed by atoms with E-state index in [-0.39, 0.29) is 29.7 Å². The molecule has 1 saturated heterocycles. The van der Waals surface area contributed by atoms with E-state index >= 15 is 0 Å². The maximum atomic E-state index is 12.3. The van der Waals surface area contributed by atoms with E-state index in [2.05, 4.69) is 15.2 Å². The highest BCUT2D eigenvalue weighted by Crippen LogP contribution is 2.18. The van der Waals surface area contributed by atoms with E-state index < -0.39 is 21.5 Å². The predicted octanol–water partition coefficient (Wildman–Crippen LogP) is -0.0910. The lowest BCUT2D eigenvalue weighted by atomic mass is 10.2. The lowest BCUT2D eigenvalue weighted by Crippen LogP contribution is -2.33. The van der Waals surface area contributed by atoms with Crippen molar-refractivity contribution in [2.45, 2.75) is 36.9 Å². The Balaban J connectivity index is 1.61. The predicted molar refractivity (Wildman–Crippen MR) is 107 cm³/mol. The molecule has 2 heterocycles. The monoisotopic (exact) mass is 420 g/mol. The Bertz CT molecular complexity index is 1030. The smallest absolute Gasteiger partial charge is 0.261 e. The third-order valence-electron chi connectivity index (χ3n) is 5.00. The first-order valence-corrected chi connectivity index (χ1v) is 10.8. The van der Waals surface area contributed by atoms with Gasteiger partial charge in [-0.15, -0.1) is 0 Å². The van der Waals surface area contributed by atoms with Crippen LogP contribution in [0.4, 0.5) is 0 Å². The summed E-state index contributed by atoms with van der Waals surface area (Å²) < 4.78 is 22.5. The van der Waals surface area contributed by atoms with Crippen molar-refractivity contribution in [1.29, 1.82) is 0 Å². The van der Waals surface area contributed by atoms with Crippen molar-refractivity contribution in [2.75, 3.05) is 13.2 Å². The molecule has 1 atom stereocenters. The molecule has 5 N–H and O–H groups in total. The number of amides is 1. The number of hydrogen-bond acceptors (Lipinski definition) is 6. The van der Waals surface area contributed by atoms with Gasteiger partial charge < -0.3 is 15.4 Å². The summed E-state index contributed by atoms with van der Waals surface area (Å²) in [6, 6.07) is 9.08. The fourth-order valence-electron chi connectivity index (χ4n) is 3.39. The fraction of sp³-hybridized carbons (Fsp3) is 0.368. The molecule has 29 heavy (non-hydrogen) atoms. The molecule has 1 amide bonds.